The molecule has 0 saturated heterocycles. The van der Waals surface area contributed by atoms with Gasteiger partial charge in [0, 0.05) is 11.5 Å². The fourth-order valence-electron chi connectivity index (χ4n) is 2.69. The summed E-state index contributed by atoms with van der Waals surface area (Å²) in [4.78, 5) is 15.1. The van der Waals surface area contributed by atoms with Crippen LogP contribution in [-0.2, 0) is 25.6 Å². The number of aliphatic hydroxyl groups is 2. The first-order chi connectivity index (χ1) is 14.6. The number of carbonyl (C=O) groups excluding carboxylic acids is 1. The van der Waals surface area contributed by atoms with Gasteiger partial charge in [0.2, 0.25) is 5.91 Å². The summed E-state index contributed by atoms with van der Waals surface area (Å²) >= 11 is 0. The number of nitrogens with one attached hydrogen (secondary N) is 1. The average molecular weight is 449 g/mol. The Morgan fingerprint density at radius 1 is 1.19 bits per heavy atom. The Morgan fingerprint density at radius 2 is 1.81 bits per heavy atom. The van der Waals surface area contributed by atoms with Crippen LogP contribution in [0.3, 0.4) is 0 Å². The summed E-state index contributed by atoms with van der Waals surface area (Å²) < 4.78 is 29.3. The van der Waals surface area contributed by atoms with Crippen LogP contribution in [0.15, 0.2) is 64.6 Å². The Morgan fingerprint density at radius 3 is 2.39 bits per heavy atom. The molecule has 3 atom stereocenters. The van der Waals surface area contributed by atoms with E-state index in [2.05, 4.69) is 15.3 Å². The molecule has 0 aromatic heterocycles. The third-order valence-corrected chi connectivity index (χ3v) is 5.95. The first-order valence-corrected chi connectivity index (χ1v) is 10.7. The fraction of sp³-hybridized carbons (Fsp3) is 0.350. The van der Waals surface area contributed by atoms with E-state index in [9.17, 15) is 23.4 Å². The molecule has 2 rings (SSSR count). The van der Waals surface area contributed by atoms with Gasteiger partial charge in [-0.3, -0.25) is 8.98 Å². The fourth-order valence-corrected chi connectivity index (χ4v) is 3.61. The quantitative estimate of drug-likeness (QED) is 0.217. The minimum absolute atomic E-state index is 0.0946. The minimum atomic E-state index is -4.21. The van der Waals surface area contributed by atoms with Gasteiger partial charge >= 0.3 is 0 Å². The van der Waals surface area contributed by atoms with Crippen molar-refractivity contribution in [3.05, 3.63) is 76.2 Å². The number of hydrogen-bond acceptors (Lipinski definition) is 7. The number of azide groups is 1. The van der Waals surface area contributed by atoms with Crippen LogP contribution < -0.4 is 5.32 Å². The maximum atomic E-state index is 12.6. The van der Waals surface area contributed by atoms with Gasteiger partial charge in [0.1, 0.15) is 12.2 Å². The Hall–Kier alpha value is -2.95. The number of carbonyl (C=O) groups is 1. The minimum Gasteiger partial charge on any atom is -0.389 e. The smallest absolute Gasteiger partial charge is 0.297 e. The van der Waals surface area contributed by atoms with Crippen molar-refractivity contribution in [3.63, 3.8) is 0 Å². The molecule has 0 heterocycles. The molecule has 0 fully saturated rings. The van der Waals surface area contributed by atoms with Crippen LogP contribution in [0.4, 0.5) is 0 Å². The third kappa shape index (κ3) is 6.27. The summed E-state index contributed by atoms with van der Waals surface area (Å²) in [7, 11) is -4.21. The molecular formula is C20H24N4O6S. The predicted octanol–water partition coefficient (Wildman–Crippen LogP) is 1.81. The van der Waals surface area contributed by atoms with E-state index in [4.69, 9.17) is 9.71 Å². The summed E-state index contributed by atoms with van der Waals surface area (Å²) in [5.74, 6) is -0.845. The van der Waals surface area contributed by atoms with Crippen molar-refractivity contribution >= 4 is 16.0 Å². The van der Waals surface area contributed by atoms with E-state index in [1.54, 1.807) is 49.4 Å². The molecule has 31 heavy (non-hydrogen) atoms. The van der Waals surface area contributed by atoms with E-state index in [1.165, 1.54) is 12.1 Å². The van der Waals surface area contributed by atoms with E-state index in [0.29, 0.717) is 0 Å². The van der Waals surface area contributed by atoms with Crippen molar-refractivity contribution < 1.29 is 27.6 Å². The van der Waals surface area contributed by atoms with Gasteiger partial charge in [0.15, 0.2) is 5.54 Å². The number of aryl methyl sites for hydroxylation is 1. The first kappa shape index (κ1) is 24.3. The molecule has 3 N–H and O–H groups in total. The SMILES string of the molecule is Cc1ccc(S(=O)(=O)OC[C@@H](O)[C@@H](O)[C@@](C)(N=[N+]=[N-])C(=O)NCc2ccccc2)cc1. The van der Waals surface area contributed by atoms with Gasteiger partial charge in [0.05, 0.1) is 11.5 Å². The summed E-state index contributed by atoms with van der Waals surface area (Å²) in [5, 5.41) is 26.6. The first-order valence-electron chi connectivity index (χ1n) is 9.31. The van der Waals surface area contributed by atoms with Crippen molar-refractivity contribution in [2.24, 2.45) is 5.11 Å². The molecule has 0 radical (unpaired) electrons. The molecule has 0 aliphatic heterocycles. The number of hydrogen-bond donors (Lipinski definition) is 3. The van der Waals surface area contributed by atoms with Crippen LogP contribution in [0.1, 0.15) is 18.1 Å². The molecule has 0 aliphatic carbocycles. The number of amides is 1. The van der Waals surface area contributed by atoms with Crippen LogP contribution >= 0.6 is 0 Å². The van der Waals surface area contributed by atoms with Crippen LogP contribution in [-0.4, -0.2) is 48.9 Å². The van der Waals surface area contributed by atoms with Gasteiger partial charge < -0.3 is 15.5 Å². The third-order valence-electron chi connectivity index (χ3n) is 4.65. The van der Waals surface area contributed by atoms with Crippen molar-refractivity contribution in [3.8, 4) is 0 Å². The van der Waals surface area contributed by atoms with Gasteiger partial charge in [-0.15, -0.1) is 0 Å². The van der Waals surface area contributed by atoms with Crippen molar-refractivity contribution in [1.29, 1.82) is 0 Å². The summed E-state index contributed by atoms with van der Waals surface area (Å²) in [5.41, 5.74) is 8.36. The second-order valence-electron chi connectivity index (χ2n) is 7.07. The lowest BCUT2D eigenvalue weighted by Gasteiger charge is -2.31. The molecule has 0 aliphatic rings. The molecular weight excluding hydrogens is 424 g/mol. The van der Waals surface area contributed by atoms with Crippen LogP contribution in [0.2, 0.25) is 0 Å². The van der Waals surface area contributed by atoms with Crippen molar-refractivity contribution in [2.45, 2.75) is 43.0 Å². The molecule has 0 saturated carbocycles. The van der Waals surface area contributed by atoms with Crippen molar-refractivity contribution in [1.82, 2.24) is 5.32 Å². The number of nitrogens with zero attached hydrogens (tertiary/aromatic N) is 3. The second kappa shape index (κ2) is 10.4. The van der Waals surface area contributed by atoms with Crippen LogP contribution in [0, 0.1) is 6.92 Å². The highest BCUT2D eigenvalue weighted by atomic mass is 32.2. The summed E-state index contributed by atoms with van der Waals surface area (Å²) in [6, 6.07) is 14.7. The predicted molar refractivity (Wildman–Crippen MR) is 112 cm³/mol. The highest BCUT2D eigenvalue weighted by molar-refractivity contribution is 7.86. The lowest BCUT2D eigenvalue weighted by molar-refractivity contribution is -0.134. The zero-order chi connectivity index (χ0) is 23.1. The molecule has 11 heteroatoms. The lowest BCUT2D eigenvalue weighted by Crippen LogP contribution is -2.56. The Labute approximate surface area is 180 Å². The van der Waals surface area contributed by atoms with Crippen LogP contribution in [0.25, 0.3) is 10.4 Å². The maximum absolute atomic E-state index is 12.6. The zero-order valence-corrected chi connectivity index (χ0v) is 17.9. The normalized spacial score (nSPS) is 15.2. The number of benzene rings is 2. The van der Waals surface area contributed by atoms with Gasteiger partial charge in [-0.25, -0.2) is 0 Å². The molecule has 0 bridgehead atoms. The van der Waals surface area contributed by atoms with Gasteiger partial charge in [-0.05, 0) is 37.1 Å². The lowest BCUT2D eigenvalue weighted by atomic mass is 9.90. The largest absolute Gasteiger partial charge is 0.389 e. The van der Waals surface area contributed by atoms with E-state index >= 15 is 0 Å². The zero-order valence-electron chi connectivity index (χ0n) is 17.0. The topological polar surface area (TPSA) is 162 Å². The van der Waals surface area contributed by atoms with E-state index in [-0.39, 0.29) is 11.4 Å². The van der Waals surface area contributed by atoms with Gasteiger partial charge in [-0.2, -0.15) is 8.42 Å². The highest BCUT2D eigenvalue weighted by Crippen LogP contribution is 2.22. The van der Waals surface area contributed by atoms with Crippen molar-refractivity contribution in [2.75, 3.05) is 6.61 Å². The van der Waals surface area contributed by atoms with Gasteiger partial charge in [0.25, 0.3) is 10.1 Å². The maximum Gasteiger partial charge on any atom is 0.297 e. The molecule has 10 nitrogen and oxygen atoms in total. The number of rotatable bonds is 10. The van der Waals surface area contributed by atoms with Gasteiger partial charge in [-0.1, -0.05) is 53.1 Å². The van der Waals surface area contributed by atoms with E-state index in [1.807, 2.05) is 0 Å². The van der Waals surface area contributed by atoms with E-state index in [0.717, 1.165) is 18.1 Å². The average Bonchev–Trinajstić information content (AvgIpc) is 2.76. The Bertz CT molecular complexity index is 1040. The van der Waals surface area contributed by atoms with E-state index < -0.39 is 40.4 Å². The Balaban J connectivity index is 2.08. The summed E-state index contributed by atoms with van der Waals surface area (Å²) in [6.07, 6.45) is -3.77. The number of aliphatic hydroxyl groups excluding tert-OH is 2. The molecule has 0 unspecified atom stereocenters. The Kier molecular flexibility index (Phi) is 8.14. The molecule has 1 amide bonds. The monoisotopic (exact) mass is 448 g/mol. The standard InChI is InChI=1S/C20H24N4O6S/c1-14-8-10-16(11-9-14)31(28,29)30-13-17(25)18(26)20(2,23-24-21)19(27)22-12-15-6-4-3-5-7-15/h3-11,17-18,25-26H,12-13H2,1-2H3,(H,22,27)/t17-,18-,20-/m1/s1. The molecule has 166 valence electrons. The molecule has 2 aromatic carbocycles. The molecule has 2 aromatic rings. The second-order valence-corrected chi connectivity index (χ2v) is 8.68. The molecule has 0 spiro atoms. The van der Waals surface area contributed by atoms with Crippen LogP contribution in [0.5, 0.6) is 0 Å². The summed E-state index contributed by atoms with van der Waals surface area (Å²) in [6.45, 7) is 2.17. The highest BCUT2D eigenvalue weighted by Gasteiger charge is 2.44.